The molecule has 0 aromatic heterocycles. The fourth-order valence-electron chi connectivity index (χ4n) is 2.17. The highest BCUT2D eigenvalue weighted by molar-refractivity contribution is 9.11. The van der Waals surface area contributed by atoms with E-state index in [4.69, 9.17) is 11.6 Å². The lowest BCUT2D eigenvalue weighted by Gasteiger charge is -2.22. The highest BCUT2D eigenvalue weighted by atomic mass is 79.9. The average molecular weight is 418 g/mol. The van der Waals surface area contributed by atoms with Crippen LogP contribution in [0.2, 0.25) is 5.02 Å². The fourth-order valence-corrected chi connectivity index (χ4v) is 3.68. The smallest absolute Gasteiger partial charge is 0.0406 e. The van der Waals surface area contributed by atoms with Crippen molar-refractivity contribution in [1.29, 1.82) is 0 Å². The molecule has 2 atom stereocenters. The molecule has 1 nitrogen and oxygen atoms in total. The molecule has 0 heterocycles. The van der Waals surface area contributed by atoms with Gasteiger partial charge in [-0.2, -0.15) is 0 Å². The molecule has 0 radical (unpaired) electrons. The number of hydrogen-bond acceptors (Lipinski definition) is 1. The van der Waals surface area contributed by atoms with Gasteiger partial charge in [0.05, 0.1) is 0 Å². The maximum absolute atomic E-state index is 5.92. The lowest BCUT2D eigenvalue weighted by molar-refractivity contribution is 0.493. The normalized spacial score (nSPS) is 14.1. The van der Waals surface area contributed by atoms with Crippen LogP contribution < -0.4 is 5.32 Å². The molecule has 4 heteroatoms. The van der Waals surface area contributed by atoms with Crippen molar-refractivity contribution < 1.29 is 0 Å². The monoisotopic (exact) mass is 415 g/mol. The van der Waals surface area contributed by atoms with Crippen molar-refractivity contribution in [1.82, 2.24) is 5.32 Å². The second-order valence-corrected chi connectivity index (χ2v) is 7.03. The molecule has 2 aromatic carbocycles. The Morgan fingerprint density at radius 3 is 2.20 bits per heavy atom. The van der Waals surface area contributed by atoms with E-state index >= 15 is 0 Å². The van der Waals surface area contributed by atoms with E-state index in [1.165, 1.54) is 11.1 Å². The van der Waals surface area contributed by atoms with Crippen LogP contribution in [0.25, 0.3) is 0 Å². The Balaban J connectivity index is 2.10. The van der Waals surface area contributed by atoms with Gasteiger partial charge in [-0.05, 0) is 49.2 Å². The van der Waals surface area contributed by atoms with E-state index in [1.54, 1.807) is 0 Å². The number of hydrogen-bond donors (Lipinski definition) is 1. The van der Waals surface area contributed by atoms with Crippen LogP contribution in [-0.2, 0) is 0 Å². The summed E-state index contributed by atoms with van der Waals surface area (Å²) in [7, 11) is 0. The number of benzene rings is 2. The third kappa shape index (κ3) is 4.08. The van der Waals surface area contributed by atoms with Crippen molar-refractivity contribution in [3.05, 3.63) is 67.6 Å². The average Bonchev–Trinajstić information content (AvgIpc) is 2.39. The number of nitrogens with one attached hydrogen (secondary N) is 1. The van der Waals surface area contributed by atoms with Crippen molar-refractivity contribution in [2.75, 3.05) is 0 Å². The summed E-state index contributed by atoms with van der Waals surface area (Å²) in [6.07, 6.45) is 0. The standard InChI is InChI=1S/C16H16Br2ClN/c1-10(12-3-6-14(19)7-4-12)20-11(2)15-8-5-13(17)9-16(15)18/h3-11,20H,1-2H3/t10-,11?/m0/s1. The van der Waals surface area contributed by atoms with Gasteiger partial charge in [-0.15, -0.1) is 0 Å². The summed E-state index contributed by atoms with van der Waals surface area (Å²) in [5, 5.41) is 4.37. The molecule has 0 aliphatic carbocycles. The molecule has 106 valence electrons. The van der Waals surface area contributed by atoms with Gasteiger partial charge in [0.2, 0.25) is 0 Å². The Labute approximate surface area is 142 Å². The van der Waals surface area contributed by atoms with E-state index < -0.39 is 0 Å². The first kappa shape index (κ1) is 16.0. The largest absolute Gasteiger partial charge is 0.304 e. The molecule has 1 N–H and O–H groups in total. The molecule has 20 heavy (non-hydrogen) atoms. The highest BCUT2D eigenvalue weighted by Gasteiger charge is 2.13. The molecule has 0 bridgehead atoms. The van der Waals surface area contributed by atoms with Gasteiger partial charge in [0.15, 0.2) is 0 Å². The summed E-state index contributed by atoms with van der Waals surface area (Å²) < 4.78 is 2.18. The Morgan fingerprint density at radius 2 is 1.60 bits per heavy atom. The maximum atomic E-state index is 5.92. The summed E-state index contributed by atoms with van der Waals surface area (Å²) in [6, 6.07) is 14.7. The molecule has 0 saturated heterocycles. The van der Waals surface area contributed by atoms with Crippen molar-refractivity contribution in [3.8, 4) is 0 Å². The van der Waals surface area contributed by atoms with Crippen LogP contribution in [-0.4, -0.2) is 0 Å². The first-order valence-corrected chi connectivity index (χ1v) is 8.40. The van der Waals surface area contributed by atoms with Gasteiger partial charge >= 0.3 is 0 Å². The van der Waals surface area contributed by atoms with E-state index in [9.17, 15) is 0 Å². The summed E-state index contributed by atoms with van der Waals surface area (Å²) in [5.74, 6) is 0. The van der Waals surface area contributed by atoms with E-state index in [1.807, 2.05) is 12.1 Å². The van der Waals surface area contributed by atoms with Gasteiger partial charge in [-0.1, -0.05) is 61.7 Å². The molecule has 0 amide bonds. The summed E-state index contributed by atoms with van der Waals surface area (Å²) in [4.78, 5) is 0. The highest BCUT2D eigenvalue weighted by Crippen LogP contribution is 2.28. The predicted molar refractivity (Wildman–Crippen MR) is 93.3 cm³/mol. The third-order valence-electron chi connectivity index (χ3n) is 3.30. The van der Waals surface area contributed by atoms with Gasteiger partial charge in [0.1, 0.15) is 0 Å². The van der Waals surface area contributed by atoms with E-state index in [-0.39, 0.29) is 12.1 Å². The minimum Gasteiger partial charge on any atom is -0.304 e. The minimum atomic E-state index is 0.253. The fraction of sp³-hybridized carbons (Fsp3) is 0.250. The zero-order valence-electron chi connectivity index (χ0n) is 11.3. The zero-order valence-corrected chi connectivity index (χ0v) is 15.3. The summed E-state index contributed by atoms with van der Waals surface area (Å²) in [5.41, 5.74) is 2.48. The van der Waals surface area contributed by atoms with Crippen molar-refractivity contribution in [2.24, 2.45) is 0 Å². The molecule has 2 rings (SSSR count). The van der Waals surface area contributed by atoms with Crippen LogP contribution in [0.4, 0.5) is 0 Å². The molecule has 2 aromatic rings. The quantitative estimate of drug-likeness (QED) is 0.618. The van der Waals surface area contributed by atoms with Crippen LogP contribution >= 0.6 is 43.5 Å². The molecule has 0 aliphatic heterocycles. The van der Waals surface area contributed by atoms with Crippen LogP contribution in [0.15, 0.2) is 51.4 Å². The lowest BCUT2D eigenvalue weighted by Crippen LogP contribution is -2.22. The molecular formula is C16H16Br2ClN. The lowest BCUT2D eigenvalue weighted by atomic mass is 10.0. The van der Waals surface area contributed by atoms with Gasteiger partial charge in [-0.3, -0.25) is 0 Å². The number of halogens is 3. The van der Waals surface area contributed by atoms with Crippen molar-refractivity contribution in [3.63, 3.8) is 0 Å². The van der Waals surface area contributed by atoms with Crippen LogP contribution in [0, 0.1) is 0 Å². The third-order valence-corrected chi connectivity index (χ3v) is 4.73. The zero-order chi connectivity index (χ0) is 14.7. The molecule has 0 spiro atoms. The first-order valence-electron chi connectivity index (χ1n) is 6.44. The van der Waals surface area contributed by atoms with Crippen LogP contribution in [0.5, 0.6) is 0 Å². The Bertz CT molecular complexity index is 584. The van der Waals surface area contributed by atoms with Crippen molar-refractivity contribution in [2.45, 2.75) is 25.9 Å². The predicted octanol–water partition coefficient (Wildman–Crippen LogP) is 6.28. The topological polar surface area (TPSA) is 12.0 Å². The SMILES string of the molecule is CC(N[C@@H](C)c1ccc(Cl)cc1)c1ccc(Br)cc1Br. The van der Waals surface area contributed by atoms with Gasteiger partial charge in [0.25, 0.3) is 0 Å². The summed E-state index contributed by atoms with van der Waals surface area (Å²) in [6.45, 7) is 4.33. The molecule has 0 fully saturated rings. The molecule has 0 aliphatic rings. The van der Waals surface area contributed by atoms with E-state index in [0.29, 0.717) is 0 Å². The number of rotatable bonds is 4. The molecular weight excluding hydrogens is 401 g/mol. The minimum absolute atomic E-state index is 0.253. The Morgan fingerprint density at radius 1 is 0.950 bits per heavy atom. The van der Waals surface area contributed by atoms with Gasteiger partial charge < -0.3 is 5.32 Å². The second-order valence-electron chi connectivity index (χ2n) is 4.83. The van der Waals surface area contributed by atoms with E-state index in [0.717, 1.165) is 14.0 Å². The molecule has 1 unspecified atom stereocenters. The van der Waals surface area contributed by atoms with Gasteiger partial charge in [0, 0.05) is 26.1 Å². The van der Waals surface area contributed by atoms with Crippen molar-refractivity contribution >= 4 is 43.5 Å². The van der Waals surface area contributed by atoms with E-state index in [2.05, 4.69) is 81.4 Å². The Kier molecular flexibility index (Phi) is 5.67. The van der Waals surface area contributed by atoms with Crippen LogP contribution in [0.3, 0.4) is 0 Å². The molecule has 0 saturated carbocycles. The van der Waals surface area contributed by atoms with Gasteiger partial charge in [-0.25, -0.2) is 0 Å². The van der Waals surface area contributed by atoms with Crippen LogP contribution in [0.1, 0.15) is 37.1 Å². The Hall–Kier alpha value is -0.350. The maximum Gasteiger partial charge on any atom is 0.0406 e. The first-order chi connectivity index (χ1) is 9.47. The summed E-state index contributed by atoms with van der Waals surface area (Å²) >= 11 is 13.0. The second kappa shape index (κ2) is 7.08.